The first kappa shape index (κ1) is 21.2. The lowest BCUT2D eigenvalue weighted by atomic mass is 10.1. The van der Waals surface area contributed by atoms with Crippen LogP contribution in [-0.2, 0) is 10.0 Å². The number of benzene rings is 2. The van der Waals surface area contributed by atoms with Crippen LogP contribution in [0.1, 0.15) is 53.6 Å². The summed E-state index contributed by atoms with van der Waals surface area (Å²) in [5.74, 6) is -1.06. The van der Waals surface area contributed by atoms with Crippen LogP contribution in [0.5, 0.6) is 0 Å². The molecule has 7 heteroatoms. The molecule has 0 saturated carbocycles. The number of aromatic carboxylic acids is 1. The third-order valence-electron chi connectivity index (χ3n) is 5.30. The molecule has 0 atom stereocenters. The molecule has 1 aliphatic rings. The van der Waals surface area contributed by atoms with Crippen molar-refractivity contribution in [2.24, 2.45) is 0 Å². The summed E-state index contributed by atoms with van der Waals surface area (Å²) in [6.45, 7) is 5.27. The molecule has 156 valence electrons. The van der Waals surface area contributed by atoms with Crippen molar-refractivity contribution in [1.82, 2.24) is 0 Å². The summed E-state index contributed by atoms with van der Waals surface area (Å²) in [6.07, 6.45) is 5.57. The number of nitrogens with one attached hydrogen (secondary N) is 1. The number of rotatable bonds is 5. The summed E-state index contributed by atoms with van der Waals surface area (Å²) in [4.78, 5) is 14.2. The van der Waals surface area contributed by atoms with Crippen molar-refractivity contribution < 1.29 is 18.3 Å². The number of aryl methyl sites for hydroxylation is 2. The molecular weight excluding hydrogens is 388 g/mol. The Bertz CT molecular complexity index is 994. The van der Waals surface area contributed by atoms with E-state index in [1.54, 1.807) is 31.2 Å². The number of carboxylic acids is 1. The molecule has 2 aromatic carbocycles. The van der Waals surface area contributed by atoms with Crippen LogP contribution in [0.4, 0.5) is 11.4 Å². The highest BCUT2D eigenvalue weighted by atomic mass is 32.2. The number of nitrogens with zero attached hydrogens (tertiary/aromatic N) is 1. The van der Waals surface area contributed by atoms with E-state index in [4.69, 9.17) is 0 Å². The predicted octanol–water partition coefficient (Wildman–Crippen LogP) is 4.57. The van der Waals surface area contributed by atoms with Crippen LogP contribution in [-0.4, -0.2) is 32.6 Å². The van der Waals surface area contributed by atoms with Crippen molar-refractivity contribution >= 4 is 27.4 Å². The minimum atomic E-state index is -3.81. The number of anilines is 2. The molecule has 2 N–H and O–H groups in total. The Kier molecular flexibility index (Phi) is 6.47. The molecule has 0 spiro atoms. The third kappa shape index (κ3) is 5.09. The Morgan fingerprint density at radius 3 is 2.24 bits per heavy atom. The van der Waals surface area contributed by atoms with Gasteiger partial charge in [0.15, 0.2) is 0 Å². The minimum Gasteiger partial charge on any atom is -0.478 e. The highest BCUT2D eigenvalue weighted by Gasteiger charge is 2.21. The molecule has 2 aromatic rings. The molecule has 3 rings (SSSR count). The van der Waals surface area contributed by atoms with E-state index in [0.29, 0.717) is 11.3 Å². The summed E-state index contributed by atoms with van der Waals surface area (Å²) < 4.78 is 28.2. The lowest BCUT2D eigenvalue weighted by molar-refractivity contribution is 0.0697. The summed E-state index contributed by atoms with van der Waals surface area (Å²) in [6, 6.07) is 9.89. The van der Waals surface area contributed by atoms with Gasteiger partial charge in [-0.25, -0.2) is 13.2 Å². The van der Waals surface area contributed by atoms with Gasteiger partial charge in [0.25, 0.3) is 10.0 Å². The van der Waals surface area contributed by atoms with Crippen molar-refractivity contribution in [1.29, 1.82) is 0 Å². The van der Waals surface area contributed by atoms with Crippen molar-refractivity contribution in [2.75, 3.05) is 22.7 Å². The van der Waals surface area contributed by atoms with Crippen molar-refractivity contribution in [3.8, 4) is 0 Å². The first-order valence-corrected chi connectivity index (χ1v) is 11.5. The molecule has 0 aromatic heterocycles. The highest BCUT2D eigenvalue weighted by Crippen LogP contribution is 2.28. The maximum Gasteiger partial charge on any atom is 0.337 e. The molecule has 0 radical (unpaired) electrons. The van der Waals surface area contributed by atoms with E-state index in [2.05, 4.69) is 9.62 Å². The maximum atomic E-state index is 12.8. The zero-order valence-electron chi connectivity index (χ0n) is 16.9. The standard InChI is InChI=1S/C22H28N2O4S/c1-16-8-11-21(17(2)14-16)29(27,28)23-18-9-10-20(19(15-18)22(25)26)24-12-6-4-3-5-7-13-24/h8-11,14-15,23H,3-7,12-13H2,1-2H3,(H,25,26). The Balaban J connectivity index is 1.90. The minimum absolute atomic E-state index is 0.117. The van der Waals surface area contributed by atoms with Gasteiger partial charge >= 0.3 is 5.97 Å². The fraction of sp³-hybridized carbons (Fsp3) is 0.409. The number of carbonyl (C=O) groups is 1. The lowest BCUT2D eigenvalue weighted by Crippen LogP contribution is -2.28. The van der Waals surface area contributed by atoms with Gasteiger partial charge < -0.3 is 10.0 Å². The Labute approximate surface area is 172 Å². The van der Waals surface area contributed by atoms with Crippen LogP contribution >= 0.6 is 0 Å². The van der Waals surface area contributed by atoms with Crippen LogP contribution in [0.15, 0.2) is 41.3 Å². The van der Waals surface area contributed by atoms with E-state index in [1.807, 2.05) is 13.0 Å². The quantitative estimate of drug-likeness (QED) is 0.745. The molecule has 0 aliphatic carbocycles. The van der Waals surface area contributed by atoms with Gasteiger partial charge in [-0.05, 0) is 56.5 Å². The number of sulfonamides is 1. The molecule has 1 heterocycles. The summed E-state index contributed by atoms with van der Waals surface area (Å²) in [5.41, 5.74) is 2.64. The second-order valence-corrected chi connectivity index (χ2v) is 9.32. The van der Waals surface area contributed by atoms with E-state index < -0.39 is 16.0 Å². The van der Waals surface area contributed by atoms with E-state index in [9.17, 15) is 18.3 Å². The molecule has 6 nitrogen and oxygen atoms in total. The van der Waals surface area contributed by atoms with E-state index in [1.165, 1.54) is 12.5 Å². The summed E-state index contributed by atoms with van der Waals surface area (Å²) in [5, 5.41) is 9.73. The monoisotopic (exact) mass is 416 g/mol. The van der Waals surface area contributed by atoms with Crippen molar-refractivity contribution in [3.05, 3.63) is 53.1 Å². The predicted molar refractivity (Wildman–Crippen MR) is 115 cm³/mol. The zero-order chi connectivity index (χ0) is 21.0. The van der Waals surface area contributed by atoms with Crippen LogP contribution in [0.2, 0.25) is 0 Å². The molecule has 0 bridgehead atoms. The average molecular weight is 417 g/mol. The van der Waals surface area contributed by atoms with E-state index in [0.717, 1.165) is 44.3 Å². The second-order valence-electron chi connectivity index (χ2n) is 7.67. The van der Waals surface area contributed by atoms with Gasteiger partial charge in [-0.2, -0.15) is 0 Å². The molecule has 1 fully saturated rings. The van der Waals surface area contributed by atoms with Crippen LogP contribution in [0.25, 0.3) is 0 Å². The topological polar surface area (TPSA) is 86.7 Å². The summed E-state index contributed by atoms with van der Waals surface area (Å²) >= 11 is 0. The first-order valence-electron chi connectivity index (χ1n) is 10.0. The van der Waals surface area contributed by atoms with Gasteiger partial charge in [0.1, 0.15) is 0 Å². The van der Waals surface area contributed by atoms with Gasteiger partial charge in [0, 0.05) is 18.8 Å². The largest absolute Gasteiger partial charge is 0.478 e. The van der Waals surface area contributed by atoms with Crippen LogP contribution in [0.3, 0.4) is 0 Å². The summed E-state index contributed by atoms with van der Waals surface area (Å²) in [7, 11) is -3.81. The Hall–Kier alpha value is -2.54. The first-order chi connectivity index (χ1) is 13.8. The average Bonchev–Trinajstić information content (AvgIpc) is 2.61. The van der Waals surface area contributed by atoms with Gasteiger partial charge in [0.2, 0.25) is 0 Å². The van der Waals surface area contributed by atoms with Gasteiger partial charge in [0.05, 0.1) is 16.1 Å². The normalized spacial score (nSPS) is 15.4. The van der Waals surface area contributed by atoms with E-state index in [-0.39, 0.29) is 16.1 Å². The maximum absolute atomic E-state index is 12.8. The molecule has 0 amide bonds. The fourth-order valence-corrected chi connectivity index (χ4v) is 5.12. The molecule has 29 heavy (non-hydrogen) atoms. The number of hydrogen-bond donors (Lipinski definition) is 2. The molecule has 0 unspecified atom stereocenters. The van der Waals surface area contributed by atoms with Crippen molar-refractivity contribution in [3.63, 3.8) is 0 Å². The zero-order valence-corrected chi connectivity index (χ0v) is 17.8. The smallest absolute Gasteiger partial charge is 0.337 e. The Morgan fingerprint density at radius 2 is 1.62 bits per heavy atom. The third-order valence-corrected chi connectivity index (χ3v) is 6.84. The number of hydrogen-bond acceptors (Lipinski definition) is 4. The Morgan fingerprint density at radius 1 is 0.966 bits per heavy atom. The highest BCUT2D eigenvalue weighted by molar-refractivity contribution is 7.92. The number of carboxylic acid groups (broad SMARTS) is 1. The fourth-order valence-electron chi connectivity index (χ4n) is 3.85. The molecular formula is C22H28N2O4S. The molecule has 1 saturated heterocycles. The van der Waals surface area contributed by atoms with Gasteiger partial charge in [-0.1, -0.05) is 37.0 Å². The van der Waals surface area contributed by atoms with E-state index >= 15 is 0 Å². The molecule has 1 aliphatic heterocycles. The lowest BCUT2D eigenvalue weighted by Gasteiger charge is -2.28. The van der Waals surface area contributed by atoms with Crippen LogP contribution < -0.4 is 9.62 Å². The SMILES string of the molecule is Cc1ccc(S(=O)(=O)Nc2ccc(N3CCCCCCC3)c(C(=O)O)c2)c(C)c1. The second kappa shape index (κ2) is 8.86. The van der Waals surface area contributed by atoms with Crippen molar-refractivity contribution in [2.45, 2.75) is 50.8 Å². The van der Waals surface area contributed by atoms with Gasteiger partial charge in [-0.15, -0.1) is 0 Å². The van der Waals surface area contributed by atoms with Gasteiger partial charge in [-0.3, -0.25) is 4.72 Å². The van der Waals surface area contributed by atoms with Crippen LogP contribution in [0, 0.1) is 13.8 Å².